The van der Waals surface area contributed by atoms with Gasteiger partial charge in [-0.1, -0.05) is 0 Å². The van der Waals surface area contributed by atoms with Gasteiger partial charge in [0, 0.05) is 38.4 Å². The molecule has 0 aromatic carbocycles. The number of piperazine rings is 1. The number of carbonyl (C=O) groups excluding carboxylic acids is 2. The summed E-state index contributed by atoms with van der Waals surface area (Å²) in [6, 6.07) is 3.40. The van der Waals surface area contributed by atoms with Gasteiger partial charge in [0.05, 0.1) is 17.8 Å². The Morgan fingerprint density at radius 2 is 1.92 bits per heavy atom. The molecule has 0 bridgehead atoms. The van der Waals surface area contributed by atoms with Crippen molar-refractivity contribution in [2.75, 3.05) is 39.4 Å². The van der Waals surface area contributed by atoms with E-state index in [-0.39, 0.29) is 11.5 Å². The van der Waals surface area contributed by atoms with Crippen LogP contribution in [-0.4, -0.2) is 72.1 Å². The second kappa shape index (κ2) is 8.10. The van der Waals surface area contributed by atoms with Crippen LogP contribution in [-0.2, 0) is 9.53 Å². The van der Waals surface area contributed by atoms with Crippen molar-refractivity contribution < 1.29 is 19.1 Å². The van der Waals surface area contributed by atoms with Crippen LogP contribution in [0.15, 0.2) is 18.3 Å². The van der Waals surface area contributed by atoms with Crippen LogP contribution in [0.3, 0.4) is 0 Å². The highest BCUT2D eigenvalue weighted by Crippen LogP contribution is 2.12. The van der Waals surface area contributed by atoms with E-state index in [0.29, 0.717) is 50.8 Å². The molecule has 1 aromatic rings. The van der Waals surface area contributed by atoms with Gasteiger partial charge in [-0.15, -0.1) is 0 Å². The van der Waals surface area contributed by atoms with Gasteiger partial charge in [-0.05, 0) is 26.8 Å². The lowest BCUT2D eigenvalue weighted by molar-refractivity contribution is -0.119. The lowest BCUT2D eigenvalue weighted by Crippen LogP contribution is -2.48. The van der Waals surface area contributed by atoms with Gasteiger partial charge in [-0.2, -0.15) is 0 Å². The van der Waals surface area contributed by atoms with Crippen molar-refractivity contribution in [1.29, 1.82) is 0 Å². The Bertz CT molecular complexity index is 546. The van der Waals surface area contributed by atoms with Crippen LogP contribution in [0.5, 0.6) is 5.88 Å². The third kappa shape index (κ3) is 5.49. The fourth-order valence-electron chi connectivity index (χ4n) is 2.30. The third-order valence-electron chi connectivity index (χ3n) is 3.60. The standard InChI is InChI=1S/C17H25N3O4/c1-17(2,3)24-11-10-23-15-5-4-14(12-18-15)16(22)20-8-6-19(13-21)7-9-20/h4-5,12-13H,6-11H2,1-3H3. The molecule has 1 aromatic heterocycles. The topological polar surface area (TPSA) is 72.0 Å². The zero-order chi connectivity index (χ0) is 17.6. The van der Waals surface area contributed by atoms with Crippen LogP contribution in [0, 0.1) is 0 Å². The third-order valence-corrected chi connectivity index (χ3v) is 3.60. The molecule has 0 aliphatic carbocycles. The minimum absolute atomic E-state index is 0.0735. The normalized spacial score (nSPS) is 15.3. The Labute approximate surface area is 142 Å². The van der Waals surface area contributed by atoms with Crippen LogP contribution >= 0.6 is 0 Å². The number of aromatic nitrogens is 1. The molecule has 7 heteroatoms. The fourth-order valence-corrected chi connectivity index (χ4v) is 2.30. The fraction of sp³-hybridized carbons (Fsp3) is 0.588. The van der Waals surface area contributed by atoms with E-state index in [0.717, 1.165) is 6.41 Å². The number of hydrogen-bond donors (Lipinski definition) is 0. The Kier molecular flexibility index (Phi) is 6.14. The zero-order valence-electron chi connectivity index (χ0n) is 14.5. The first-order valence-corrected chi connectivity index (χ1v) is 8.10. The summed E-state index contributed by atoms with van der Waals surface area (Å²) in [5, 5.41) is 0. The average Bonchev–Trinajstić information content (AvgIpc) is 2.58. The number of hydrogen-bond acceptors (Lipinski definition) is 5. The highest BCUT2D eigenvalue weighted by atomic mass is 16.5. The molecular weight excluding hydrogens is 310 g/mol. The van der Waals surface area contributed by atoms with E-state index in [1.54, 1.807) is 21.9 Å². The molecule has 0 N–H and O–H groups in total. The molecule has 0 saturated carbocycles. The molecule has 2 rings (SSSR count). The summed E-state index contributed by atoms with van der Waals surface area (Å²) in [4.78, 5) is 30.7. The molecule has 2 amide bonds. The lowest BCUT2D eigenvalue weighted by Gasteiger charge is -2.32. The Hall–Kier alpha value is -2.15. The first kappa shape index (κ1) is 18.2. The maximum Gasteiger partial charge on any atom is 0.255 e. The molecule has 0 spiro atoms. The van der Waals surface area contributed by atoms with Gasteiger partial charge in [0.1, 0.15) is 6.61 Å². The van der Waals surface area contributed by atoms with Gasteiger partial charge < -0.3 is 19.3 Å². The first-order chi connectivity index (χ1) is 11.4. The Morgan fingerprint density at radius 1 is 1.21 bits per heavy atom. The van der Waals surface area contributed by atoms with Crippen molar-refractivity contribution in [2.24, 2.45) is 0 Å². The van der Waals surface area contributed by atoms with E-state index in [1.165, 1.54) is 6.20 Å². The Balaban J connectivity index is 1.81. The van der Waals surface area contributed by atoms with E-state index < -0.39 is 0 Å². The second-order valence-corrected chi connectivity index (χ2v) is 6.63. The summed E-state index contributed by atoms with van der Waals surface area (Å²) in [6.45, 7) is 9.06. The maximum atomic E-state index is 12.4. The monoisotopic (exact) mass is 335 g/mol. The minimum Gasteiger partial charge on any atom is -0.475 e. The maximum absolute atomic E-state index is 12.4. The molecule has 0 unspecified atom stereocenters. The molecule has 1 aliphatic heterocycles. The highest BCUT2D eigenvalue weighted by Gasteiger charge is 2.21. The average molecular weight is 335 g/mol. The number of nitrogens with zero attached hydrogens (tertiary/aromatic N) is 3. The van der Waals surface area contributed by atoms with Crippen LogP contribution < -0.4 is 4.74 Å². The van der Waals surface area contributed by atoms with Crippen molar-refractivity contribution >= 4 is 12.3 Å². The number of pyridine rings is 1. The van der Waals surface area contributed by atoms with Crippen molar-refractivity contribution in [3.63, 3.8) is 0 Å². The van der Waals surface area contributed by atoms with E-state index in [4.69, 9.17) is 9.47 Å². The highest BCUT2D eigenvalue weighted by molar-refractivity contribution is 5.94. The molecule has 2 heterocycles. The molecule has 7 nitrogen and oxygen atoms in total. The van der Waals surface area contributed by atoms with Crippen molar-refractivity contribution in [3.05, 3.63) is 23.9 Å². The summed E-state index contributed by atoms with van der Waals surface area (Å²) in [7, 11) is 0. The van der Waals surface area contributed by atoms with Crippen LogP contribution in [0.1, 0.15) is 31.1 Å². The number of rotatable bonds is 6. The van der Waals surface area contributed by atoms with Crippen molar-refractivity contribution in [1.82, 2.24) is 14.8 Å². The summed E-state index contributed by atoms with van der Waals surface area (Å²) in [5.74, 6) is 0.394. The summed E-state index contributed by atoms with van der Waals surface area (Å²) >= 11 is 0. The van der Waals surface area contributed by atoms with E-state index >= 15 is 0 Å². The largest absolute Gasteiger partial charge is 0.475 e. The molecule has 1 fully saturated rings. The molecule has 132 valence electrons. The van der Waals surface area contributed by atoms with Crippen molar-refractivity contribution in [2.45, 2.75) is 26.4 Å². The molecule has 0 radical (unpaired) electrons. The first-order valence-electron chi connectivity index (χ1n) is 8.10. The zero-order valence-corrected chi connectivity index (χ0v) is 14.5. The van der Waals surface area contributed by atoms with E-state index in [2.05, 4.69) is 4.98 Å². The number of amides is 2. The quantitative estimate of drug-likeness (QED) is 0.577. The van der Waals surface area contributed by atoms with Crippen LogP contribution in [0.25, 0.3) is 0 Å². The molecule has 24 heavy (non-hydrogen) atoms. The minimum atomic E-state index is -0.194. The van der Waals surface area contributed by atoms with E-state index in [1.807, 2.05) is 20.8 Å². The summed E-state index contributed by atoms with van der Waals surface area (Å²) in [5.41, 5.74) is 0.328. The molecule has 1 aliphatic rings. The van der Waals surface area contributed by atoms with Crippen LogP contribution in [0.4, 0.5) is 0 Å². The van der Waals surface area contributed by atoms with Crippen molar-refractivity contribution in [3.8, 4) is 5.88 Å². The summed E-state index contributed by atoms with van der Waals surface area (Å²) in [6.07, 6.45) is 2.34. The predicted octanol–water partition coefficient (Wildman–Crippen LogP) is 1.19. The van der Waals surface area contributed by atoms with Gasteiger partial charge in [0.25, 0.3) is 5.91 Å². The predicted molar refractivity (Wildman–Crippen MR) is 89.0 cm³/mol. The number of carbonyl (C=O) groups is 2. The van der Waals surface area contributed by atoms with Gasteiger partial charge in [-0.3, -0.25) is 9.59 Å². The van der Waals surface area contributed by atoms with Gasteiger partial charge in [0.2, 0.25) is 12.3 Å². The van der Waals surface area contributed by atoms with Gasteiger partial charge >= 0.3 is 0 Å². The summed E-state index contributed by atoms with van der Waals surface area (Å²) < 4.78 is 11.1. The Morgan fingerprint density at radius 3 is 2.46 bits per heavy atom. The second-order valence-electron chi connectivity index (χ2n) is 6.63. The van der Waals surface area contributed by atoms with Crippen LogP contribution in [0.2, 0.25) is 0 Å². The molecule has 0 atom stereocenters. The molecular formula is C17H25N3O4. The van der Waals surface area contributed by atoms with Gasteiger partial charge in [0.15, 0.2) is 0 Å². The lowest BCUT2D eigenvalue weighted by atomic mass is 10.2. The molecule has 1 saturated heterocycles. The number of ether oxygens (including phenoxy) is 2. The van der Waals surface area contributed by atoms with E-state index in [9.17, 15) is 9.59 Å². The smallest absolute Gasteiger partial charge is 0.255 e. The van der Waals surface area contributed by atoms with Gasteiger partial charge in [-0.25, -0.2) is 4.98 Å². The SMILES string of the molecule is CC(C)(C)OCCOc1ccc(C(=O)N2CCN(C=O)CC2)cn1.